The van der Waals surface area contributed by atoms with Crippen molar-refractivity contribution in [3.8, 4) is 0 Å². The number of piperidine rings is 1. The topological polar surface area (TPSA) is 38.8 Å². The number of thioether (sulfide) groups is 1. The molecule has 0 unspecified atom stereocenters. The first-order valence-corrected chi connectivity index (χ1v) is 9.67. The summed E-state index contributed by atoms with van der Waals surface area (Å²) in [5, 5.41) is 0. The molecule has 0 aromatic heterocycles. The van der Waals surface area contributed by atoms with Crippen LogP contribution in [0.3, 0.4) is 0 Å². The molecule has 0 radical (unpaired) electrons. The van der Waals surface area contributed by atoms with E-state index in [0.717, 1.165) is 45.4 Å². The zero-order valence-electron chi connectivity index (χ0n) is 14.9. The number of ether oxygens (including phenoxy) is 2. The second-order valence-corrected chi connectivity index (χ2v) is 8.30. The Labute approximate surface area is 140 Å². The fourth-order valence-corrected chi connectivity index (χ4v) is 3.23. The Balaban J connectivity index is 2.38. The molecule has 1 aliphatic rings. The molecule has 1 aliphatic heterocycles. The van der Waals surface area contributed by atoms with Gasteiger partial charge in [0.15, 0.2) is 0 Å². The molecule has 0 aromatic rings. The Kier molecular flexibility index (Phi) is 8.04. The third kappa shape index (κ3) is 6.78. The minimum Gasteiger partial charge on any atom is -0.444 e. The van der Waals surface area contributed by atoms with Crippen LogP contribution in [-0.4, -0.2) is 53.4 Å². The lowest BCUT2D eigenvalue weighted by Gasteiger charge is -2.41. The summed E-state index contributed by atoms with van der Waals surface area (Å²) in [7, 11) is 0. The first kappa shape index (κ1) is 19.6. The zero-order chi connectivity index (χ0) is 16.6. The molecule has 0 bridgehead atoms. The lowest BCUT2D eigenvalue weighted by molar-refractivity contribution is -0.0862. The van der Waals surface area contributed by atoms with Crippen molar-refractivity contribution >= 4 is 17.9 Å². The number of carbonyl (C=O) groups excluding carboxylic acids is 1. The van der Waals surface area contributed by atoms with Crippen molar-refractivity contribution in [2.75, 3.05) is 31.2 Å². The van der Waals surface area contributed by atoms with Crippen molar-refractivity contribution in [2.45, 2.75) is 71.5 Å². The molecule has 130 valence electrons. The van der Waals surface area contributed by atoms with E-state index < -0.39 is 5.60 Å². The van der Waals surface area contributed by atoms with Crippen molar-refractivity contribution in [2.24, 2.45) is 0 Å². The monoisotopic (exact) mass is 331 g/mol. The highest BCUT2D eigenvalue weighted by Crippen LogP contribution is 2.30. The molecule has 5 heteroatoms. The van der Waals surface area contributed by atoms with E-state index >= 15 is 0 Å². The van der Waals surface area contributed by atoms with E-state index in [4.69, 9.17) is 9.47 Å². The Morgan fingerprint density at radius 3 is 2.36 bits per heavy atom. The van der Waals surface area contributed by atoms with Crippen LogP contribution in [0.25, 0.3) is 0 Å². The van der Waals surface area contributed by atoms with Gasteiger partial charge in [-0.2, -0.15) is 11.8 Å². The Bertz CT molecular complexity index is 333. The lowest BCUT2D eigenvalue weighted by Crippen LogP contribution is -2.49. The fraction of sp³-hybridized carbons (Fsp3) is 0.941. The van der Waals surface area contributed by atoms with Crippen LogP contribution in [-0.2, 0) is 9.47 Å². The van der Waals surface area contributed by atoms with Crippen LogP contribution in [0.4, 0.5) is 4.79 Å². The number of carbonyl (C=O) groups is 1. The van der Waals surface area contributed by atoms with E-state index in [1.165, 1.54) is 11.5 Å². The van der Waals surface area contributed by atoms with Crippen molar-refractivity contribution in [3.63, 3.8) is 0 Å². The van der Waals surface area contributed by atoms with Crippen LogP contribution >= 0.6 is 11.8 Å². The molecule has 1 rings (SSSR count). The van der Waals surface area contributed by atoms with Crippen molar-refractivity contribution in [1.82, 2.24) is 4.90 Å². The molecule has 1 heterocycles. The average Bonchev–Trinajstić information content (AvgIpc) is 2.46. The molecular formula is C17H33NO3S. The van der Waals surface area contributed by atoms with Gasteiger partial charge in [0.1, 0.15) is 5.60 Å². The lowest BCUT2D eigenvalue weighted by atomic mass is 9.88. The first-order chi connectivity index (χ1) is 10.3. The fourth-order valence-electron chi connectivity index (χ4n) is 2.62. The SMILES string of the molecule is CCSCCCOC1(CC)CCN(C(=O)OC(C)(C)C)CC1. The maximum absolute atomic E-state index is 12.1. The minimum atomic E-state index is -0.427. The summed E-state index contributed by atoms with van der Waals surface area (Å²) in [5.41, 5.74) is -0.473. The highest BCUT2D eigenvalue weighted by atomic mass is 32.2. The second kappa shape index (κ2) is 9.02. The molecule has 4 nitrogen and oxygen atoms in total. The highest BCUT2D eigenvalue weighted by Gasteiger charge is 2.36. The van der Waals surface area contributed by atoms with Gasteiger partial charge in [0.25, 0.3) is 0 Å². The normalized spacial score (nSPS) is 18.3. The summed E-state index contributed by atoms with van der Waals surface area (Å²) in [6.07, 6.45) is 3.73. The molecule has 22 heavy (non-hydrogen) atoms. The molecule has 0 aliphatic carbocycles. The molecule has 0 atom stereocenters. The first-order valence-electron chi connectivity index (χ1n) is 8.51. The van der Waals surface area contributed by atoms with Gasteiger partial charge in [0, 0.05) is 19.7 Å². The predicted octanol–water partition coefficient (Wildman–Crippen LogP) is 4.33. The van der Waals surface area contributed by atoms with Gasteiger partial charge in [-0.25, -0.2) is 4.79 Å². The Hall–Kier alpha value is -0.420. The number of rotatable bonds is 7. The van der Waals surface area contributed by atoms with Crippen LogP contribution < -0.4 is 0 Å². The van der Waals surface area contributed by atoms with Crippen LogP contribution in [0.15, 0.2) is 0 Å². The zero-order valence-corrected chi connectivity index (χ0v) is 15.8. The van der Waals surface area contributed by atoms with Gasteiger partial charge in [0.05, 0.1) is 5.60 Å². The molecule has 1 fully saturated rings. The Morgan fingerprint density at radius 1 is 1.23 bits per heavy atom. The van der Waals surface area contributed by atoms with E-state index in [-0.39, 0.29) is 11.7 Å². The summed E-state index contributed by atoms with van der Waals surface area (Å²) < 4.78 is 11.7. The minimum absolute atomic E-state index is 0.0462. The maximum atomic E-state index is 12.1. The van der Waals surface area contributed by atoms with Crippen LogP contribution in [0.5, 0.6) is 0 Å². The molecule has 1 saturated heterocycles. The summed E-state index contributed by atoms with van der Waals surface area (Å²) in [6.45, 7) is 12.4. The maximum Gasteiger partial charge on any atom is 0.410 e. The highest BCUT2D eigenvalue weighted by molar-refractivity contribution is 7.99. The van der Waals surface area contributed by atoms with Gasteiger partial charge in [-0.15, -0.1) is 0 Å². The van der Waals surface area contributed by atoms with E-state index in [9.17, 15) is 4.79 Å². The van der Waals surface area contributed by atoms with Gasteiger partial charge in [-0.05, 0) is 58.0 Å². The summed E-state index contributed by atoms with van der Waals surface area (Å²) in [6, 6.07) is 0. The van der Waals surface area contributed by atoms with E-state index in [1.54, 1.807) is 0 Å². The number of hydrogen-bond acceptors (Lipinski definition) is 4. The molecule has 1 amide bonds. The Morgan fingerprint density at radius 2 is 1.86 bits per heavy atom. The third-order valence-electron chi connectivity index (χ3n) is 4.02. The van der Waals surface area contributed by atoms with Crippen molar-refractivity contribution in [3.05, 3.63) is 0 Å². The van der Waals surface area contributed by atoms with Crippen molar-refractivity contribution in [1.29, 1.82) is 0 Å². The molecule has 0 aromatic carbocycles. The number of likely N-dealkylation sites (tertiary alicyclic amines) is 1. The van der Waals surface area contributed by atoms with Gasteiger partial charge in [-0.1, -0.05) is 13.8 Å². The predicted molar refractivity (Wildman–Crippen MR) is 93.6 cm³/mol. The summed E-state index contributed by atoms with van der Waals surface area (Å²) in [4.78, 5) is 13.9. The van der Waals surface area contributed by atoms with Crippen LogP contribution in [0.2, 0.25) is 0 Å². The molecule has 0 spiro atoms. The van der Waals surface area contributed by atoms with Gasteiger partial charge in [-0.3, -0.25) is 0 Å². The molecular weight excluding hydrogens is 298 g/mol. The summed E-state index contributed by atoms with van der Waals surface area (Å²) >= 11 is 1.96. The standard InChI is InChI=1S/C17H33NO3S/c1-6-17(20-13-8-14-22-7-2)9-11-18(12-10-17)15(19)21-16(3,4)5/h6-14H2,1-5H3. The second-order valence-electron chi connectivity index (χ2n) is 6.90. The smallest absolute Gasteiger partial charge is 0.410 e. The number of nitrogens with zero attached hydrogens (tertiary/aromatic N) is 1. The van der Waals surface area contributed by atoms with E-state index in [2.05, 4.69) is 13.8 Å². The molecule has 0 saturated carbocycles. The molecule has 0 N–H and O–H groups in total. The van der Waals surface area contributed by atoms with Crippen LogP contribution in [0.1, 0.15) is 60.3 Å². The van der Waals surface area contributed by atoms with Gasteiger partial charge in [0.2, 0.25) is 0 Å². The quantitative estimate of drug-likeness (QED) is 0.651. The number of amides is 1. The summed E-state index contributed by atoms with van der Waals surface area (Å²) in [5.74, 6) is 2.34. The van der Waals surface area contributed by atoms with Crippen molar-refractivity contribution < 1.29 is 14.3 Å². The van der Waals surface area contributed by atoms with Crippen LogP contribution in [0, 0.1) is 0 Å². The van der Waals surface area contributed by atoms with Gasteiger partial charge >= 0.3 is 6.09 Å². The third-order valence-corrected chi connectivity index (χ3v) is 5.00. The van der Waals surface area contributed by atoms with E-state index in [1.807, 2.05) is 37.4 Å². The number of hydrogen-bond donors (Lipinski definition) is 0. The average molecular weight is 332 g/mol. The van der Waals surface area contributed by atoms with Gasteiger partial charge < -0.3 is 14.4 Å². The van der Waals surface area contributed by atoms with E-state index in [0.29, 0.717) is 0 Å². The largest absolute Gasteiger partial charge is 0.444 e.